The van der Waals surface area contributed by atoms with Crippen LogP contribution in [0.2, 0.25) is 0 Å². The largest absolute Gasteiger partial charge is 1.00 e. The number of nitrogen functional groups attached to an aromatic ring is 1. The molecule has 8 rings (SSSR count). The third-order valence-electron chi connectivity index (χ3n) is 9.88. The van der Waals surface area contributed by atoms with Crippen molar-refractivity contribution in [3.63, 3.8) is 0 Å². The molecule has 0 spiro atoms. The first-order chi connectivity index (χ1) is 32.5. The Morgan fingerprint density at radius 2 is 1.00 bits per heavy atom. The normalized spacial score (nSPS) is 9.54. The molecular formula is C55H51Cl2N10O2+. The van der Waals surface area contributed by atoms with E-state index in [1.807, 2.05) is 159 Å². The number of hydrogen-bond donors (Lipinski definition) is 6. The lowest BCUT2D eigenvalue weighted by molar-refractivity contribution is -0.671. The molecule has 5 aromatic carbocycles. The van der Waals surface area contributed by atoms with E-state index in [1.54, 1.807) is 36.4 Å². The lowest BCUT2D eigenvalue weighted by Crippen LogP contribution is -3.00. The van der Waals surface area contributed by atoms with E-state index in [2.05, 4.69) is 78.3 Å². The minimum absolute atomic E-state index is 0. The monoisotopic (exact) mass is 953 g/mol. The molecule has 3 heterocycles. The van der Waals surface area contributed by atoms with Gasteiger partial charge in [-0.25, -0.2) is 14.1 Å². The molecular weight excluding hydrogens is 904 g/mol. The molecule has 3 aromatic heterocycles. The Morgan fingerprint density at radius 1 is 0.551 bits per heavy atom. The molecule has 69 heavy (non-hydrogen) atoms. The van der Waals surface area contributed by atoms with Gasteiger partial charge in [0.2, 0.25) is 5.52 Å². The van der Waals surface area contributed by atoms with E-state index >= 15 is 0 Å². The van der Waals surface area contributed by atoms with Crippen LogP contribution in [0.15, 0.2) is 177 Å². The van der Waals surface area contributed by atoms with Gasteiger partial charge in [0, 0.05) is 101 Å². The molecule has 0 atom stereocenters. The van der Waals surface area contributed by atoms with E-state index < -0.39 is 0 Å². The molecule has 346 valence electrons. The number of aryl methyl sites for hydroxylation is 2. The van der Waals surface area contributed by atoms with Crippen LogP contribution in [0.3, 0.4) is 0 Å². The van der Waals surface area contributed by atoms with Crippen LogP contribution in [0.5, 0.6) is 0 Å². The highest BCUT2D eigenvalue weighted by molar-refractivity contribution is 6.05. The summed E-state index contributed by atoms with van der Waals surface area (Å²) in [6.07, 6.45) is 19.2. The second-order valence-corrected chi connectivity index (χ2v) is 15.2. The first-order valence-corrected chi connectivity index (χ1v) is 21.0. The minimum Gasteiger partial charge on any atom is -1.00 e. The molecule has 0 aliphatic rings. The van der Waals surface area contributed by atoms with Crippen LogP contribution in [0.25, 0.3) is 10.9 Å². The maximum atomic E-state index is 12.9. The van der Waals surface area contributed by atoms with Crippen LogP contribution in [-0.4, -0.2) is 25.9 Å². The van der Waals surface area contributed by atoms with Gasteiger partial charge in [0.25, 0.3) is 11.8 Å². The smallest absolute Gasteiger partial charge is 0.255 e. The Hall–Kier alpha value is -8.99. The maximum Gasteiger partial charge on any atom is 0.255 e. The topological polar surface area (TPSA) is 145 Å². The first-order valence-electron chi connectivity index (χ1n) is 21.0. The third-order valence-corrected chi connectivity index (χ3v) is 9.88. The molecule has 0 radical (unpaired) electrons. The van der Waals surface area contributed by atoms with Gasteiger partial charge in [-0.3, -0.25) is 9.59 Å². The summed E-state index contributed by atoms with van der Waals surface area (Å²) in [6, 6.07) is 45.9. The fraction of sp³-hybridized carbons (Fsp3) is 0.0727. The number of rotatable bonds is 11. The van der Waals surface area contributed by atoms with E-state index in [0.717, 1.165) is 56.4 Å². The zero-order valence-corrected chi connectivity index (χ0v) is 39.9. The minimum atomic E-state index is -0.164. The van der Waals surface area contributed by atoms with Gasteiger partial charge in [0.05, 0.1) is 22.4 Å². The number of H-pyrrole nitrogens is 1. The number of anilines is 10. The van der Waals surface area contributed by atoms with Crippen molar-refractivity contribution >= 4 is 79.6 Å². The molecule has 8 aromatic rings. The number of aromatic amines is 1. The van der Waals surface area contributed by atoms with Crippen molar-refractivity contribution in [3.8, 4) is 36.5 Å². The molecule has 0 saturated carbocycles. The quantitative estimate of drug-likeness (QED) is 0.0665. The van der Waals surface area contributed by atoms with Gasteiger partial charge < -0.3 is 62.0 Å². The number of terminal acetylenes is 2. The molecule has 0 saturated heterocycles. The predicted octanol–water partition coefficient (Wildman–Crippen LogP) is 2.64. The fourth-order valence-electron chi connectivity index (χ4n) is 6.39. The van der Waals surface area contributed by atoms with Crippen molar-refractivity contribution in [1.29, 1.82) is 0 Å². The van der Waals surface area contributed by atoms with Gasteiger partial charge >= 0.3 is 0 Å². The molecule has 0 bridgehead atoms. The Bertz CT molecular complexity index is 3100. The number of nitrogens with two attached hydrogens (primary N) is 1. The summed E-state index contributed by atoms with van der Waals surface area (Å²) in [4.78, 5) is 30.7. The molecule has 0 unspecified atom stereocenters. The number of nitrogens with one attached hydrogen (secondary N) is 6. The summed E-state index contributed by atoms with van der Waals surface area (Å²) < 4.78 is 3.93. The van der Waals surface area contributed by atoms with Gasteiger partial charge in [0.15, 0.2) is 31.0 Å². The van der Waals surface area contributed by atoms with Crippen molar-refractivity contribution in [3.05, 3.63) is 188 Å². The van der Waals surface area contributed by atoms with Crippen LogP contribution < -0.4 is 76.1 Å². The summed E-state index contributed by atoms with van der Waals surface area (Å²) in [6.45, 7) is 0. The molecule has 12 nitrogen and oxygen atoms in total. The summed E-state index contributed by atoms with van der Waals surface area (Å²) in [5.41, 5.74) is 16.7. The predicted molar refractivity (Wildman–Crippen MR) is 271 cm³/mol. The number of hydrogen-bond acceptors (Lipinski definition) is 7. The lowest BCUT2D eigenvalue weighted by Gasteiger charge is -2.13. The van der Waals surface area contributed by atoms with E-state index in [0.29, 0.717) is 22.5 Å². The highest BCUT2D eigenvalue weighted by Gasteiger charge is 2.12. The molecule has 8 N–H and O–H groups in total. The summed E-state index contributed by atoms with van der Waals surface area (Å²) in [5.74, 6) is 8.28. The SMILES string of the molecule is C#CC#CC#C.CN(C)c1ccc2c(Nc3ccc(NC(=O)c4cccc(Nc5cc[n+](C)cc5)c4)cc3)cc[nH+]c2c1.C[n+]1ccc(Nc2cccc(C(=O)Nc3ccc(N)cc3)c2)cc1.[Cl-].[Cl-]. The molecule has 14 heteroatoms. The number of fused-ring (bicyclic) bond motifs is 1. The Balaban J connectivity index is 0.000000279. The standard InChI is InChI=1S/C30H28N6O.C19H18N4O.C6H2.2ClH/c1-35(2)26-11-12-27-28(13-16-31-29(27)20-26)33-22-7-9-23(10-8-22)34-30(37)21-5-4-6-25(19-21)32-24-14-17-36(3)18-15-24;1-23-11-9-17(10-12-23)21-18-4-2-3-14(13-18)19(24)22-16-7-5-15(20)6-8-16;1-3-5-6-4-2;;/h4-20H,1-3H3,(H2,31,33,34,37);2-13H,20H2,1H3,(H,22,24);1-2H;2*1H/p+1. The molecule has 0 fully saturated rings. The van der Waals surface area contributed by atoms with Gasteiger partial charge in [-0.05, 0) is 121 Å². The number of aromatic nitrogens is 3. The molecule has 0 aliphatic carbocycles. The van der Waals surface area contributed by atoms with Crippen molar-refractivity contribution in [2.24, 2.45) is 14.1 Å². The fourth-order valence-corrected chi connectivity index (χ4v) is 6.39. The Kier molecular flexibility index (Phi) is 20.0. The van der Waals surface area contributed by atoms with E-state index in [9.17, 15) is 9.59 Å². The number of nitrogens with zero attached hydrogens (tertiary/aromatic N) is 3. The van der Waals surface area contributed by atoms with Crippen LogP contribution in [-0.2, 0) is 14.1 Å². The second kappa shape index (κ2) is 26.2. The number of amides is 2. The summed E-state index contributed by atoms with van der Waals surface area (Å²) in [7, 11) is 8.00. The maximum absolute atomic E-state index is 12.9. The van der Waals surface area contributed by atoms with Crippen LogP contribution >= 0.6 is 0 Å². The second-order valence-electron chi connectivity index (χ2n) is 15.2. The van der Waals surface area contributed by atoms with E-state index in [4.69, 9.17) is 18.6 Å². The van der Waals surface area contributed by atoms with E-state index in [-0.39, 0.29) is 36.6 Å². The molecule has 0 aliphatic heterocycles. The van der Waals surface area contributed by atoms with Crippen molar-refractivity contribution in [2.45, 2.75) is 0 Å². The lowest BCUT2D eigenvalue weighted by atomic mass is 10.1. The highest BCUT2D eigenvalue weighted by Crippen LogP contribution is 2.28. The average molecular weight is 955 g/mol. The van der Waals surface area contributed by atoms with Crippen LogP contribution in [0.1, 0.15) is 20.7 Å². The van der Waals surface area contributed by atoms with E-state index in [1.165, 1.54) is 0 Å². The van der Waals surface area contributed by atoms with Gasteiger partial charge in [-0.15, -0.1) is 12.8 Å². The van der Waals surface area contributed by atoms with Crippen LogP contribution in [0, 0.1) is 36.5 Å². The van der Waals surface area contributed by atoms with Gasteiger partial charge in [-0.1, -0.05) is 12.1 Å². The average Bonchev–Trinajstić information content (AvgIpc) is 3.34. The number of halogens is 2. The van der Waals surface area contributed by atoms with Crippen molar-refractivity contribution in [1.82, 2.24) is 0 Å². The zero-order valence-electron chi connectivity index (χ0n) is 38.4. The molecule has 2 amide bonds. The third kappa shape index (κ3) is 16.1. The zero-order chi connectivity index (χ0) is 47.5. The Labute approximate surface area is 415 Å². The highest BCUT2D eigenvalue weighted by atomic mass is 35.5. The number of carbonyl (C=O) groups excluding carboxylic acids is 2. The van der Waals surface area contributed by atoms with Crippen molar-refractivity contribution in [2.75, 3.05) is 51.3 Å². The summed E-state index contributed by atoms with van der Waals surface area (Å²) >= 11 is 0. The summed E-state index contributed by atoms with van der Waals surface area (Å²) in [5, 5.41) is 17.1. The Morgan fingerprint density at radius 3 is 1.46 bits per heavy atom. The first kappa shape index (κ1) is 52.6. The van der Waals surface area contributed by atoms with Crippen molar-refractivity contribution < 1.29 is 48.5 Å². The number of pyridine rings is 3. The number of benzene rings is 5. The van der Waals surface area contributed by atoms with Crippen LogP contribution in [0.4, 0.5) is 56.9 Å². The van der Waals surface area contributed by atoms with Gasteiger partial charge in [-0.2, -0.15) is 0 Å². The van der Waals surface area contributed by atoms with Gasteiger partial charge in [0.1, 0.15) is 14.1 Å². The number of carbonyl (C=O) groups is 2.